The van der Waals surface area contributed by atoms with Gasteiger partial charge in [-0.1, -0.05) is 59.9 Å². The highest BCUT2D eigenvalue weighted by Gasteiger charge is 2.34. The number of methoxy groups -OCH3 is 1. The van der Waals surface area contributed by atoms with E-state index >= 15 is 0 Å². The molecule has 0 saturated heterocycles. The molecule has 0 saturated carbocycles. The number of aromatic carboxylic acids is 1. The number of ether oxygens (including phenoxy) is 1. The number of aliphatic imine (C=N–C) groups is 1. The molecule has 0 fully saturated rings. The zero-order chi connectivity index (χ0) is 22.9. The van der Waals surface area contributed by atoms with Crippen molar-refractivity contribution in [1.29, 1.82) is 0 Å². The van der Waals surface area contributed by atoms with Crippen molar-refractivity contribution in [2.75, 3.05) is 12.0 Å². The van der Waals surface area contributed by atoms with Crippen LogP contribution in [0.25, 0.3) is 16.3 Å². The second kappa shape index (κ2) is 8.33. The van der Waals surface area contributed by atoms with Crippen LogP contribution in [0.5, 0.6) is 5.75 Å². The van der Waals surface area contributed by atoms with Crippen molar-refractivity contribution in [3.05, 3.63) is 95.2 Å². The maximum Gasteiger partial charge on any atom is 0.335 e. The number of rotatable bonds is 5. The van der Waals surface area contributed by atoms with Gasteiger partial charge < -0.3 is 9.84 Å². The largest absolute Gasteiger partial charge is 0.496 e. The van der Waals surface area contributed by atoms with Gasteiger partial charge >= 0.3 is 5.97 Å². The van der Waals surface area contributed by atoms with Gasteiger partial charge in [-0.15, -0.1) is 0 Å². The van der Waals surface area contributed by atoms with Crippen LogP contribution in [0.4, 0.5) is 5.13 Å². The number of benzene rings is 3. The Bertz CT molecular complexity index is 1460. The van der Waals surface area contributed by atoms with Gasteiger partial charge in [0.05, 0.1) is 22.9 Å². The molecule has 0 radical (unpaired) electrons. The van der Waals surface area contributed by atoms with E-state index in [2.05, 4.69) is 9.98 Å². The lowest BCUT2D eigenvalue weighted by molar-refractivity contribution is -0.113. The smallest absolute Gasteiger partial charge is 0.335 e. The molecule has 1 aliphatic rings. The maximum atomic E-state index is 13.5. The van der Waals surface area contributed by atoms with Crippen LogP contribution in [-0.2, 0) is 4.79 Å². The first-order chi connectivity index (χ1) is 16.0. The number of amides is 1. The van der Waals surface area contributed by atoms with Crippen molar-refractivity contribution >= 4 is 50.5 Å². The van der Waals surface area contributed by atoms with E-state index in [0.29, 0.717) is 26.9 Å². The molecule has 1 N–H and O–H groups in total. The number of carboxylic acids is 1. The molecule has 0 aliphatic carbocycles. The predicted octanol–water partition coefficient (Wildman–Crippen LogP) is 4.84. The molecule has 8 heteroatoms. The third-order valence-electron chi connectivity index (χ3n) is 5.14. The van der Waals surface area contributed by atoms with Crippen molar-refractivity contribution in [1.82, 2.24) is 4.98 Å². The van der Waals surface area contributed by atoms with E-state index in [4.69, 9.17) is 4.74 Å². The molecule has 5 rings (SSSR count). The van der Waals surface area contributed by atoms with Crippen molar-refractivity contribution in [2.24, 2.45) is 4.99 Å². The first-order valence-electron chi connectivity index (χ1n) is 10.0. The first-order valence-corrected chi connectivity index (χ1v) is 10.8. The number of para-hydroxylation sites is 1. The van der Waals surface area contributed by atoms with Gasteiger partial charge in [0.15, 0.2) is 5.13 Å². The second-order valence-electron chi connectivity index (χ2n) is 7.20. The van der Waals surface area contributed by atoms with Gasteiger partial charge in [0.1, 0.15) is 17.3 Å². The Morgan fingerprint density at radius 2 is 1.82 bits per heavy atom. The SMILES string of the molecule is COc1ccccc1C=C1N=C(c2ccccc2)N(c2nc3ccc(C(=O)O)cc3s2)C1=O. The number of carbonyl (C=O) groups excluding carboxylic acids is 1. The molecule has 1 amide bonds. The van der Waals surface area contributed by atoms with Gasteiger partial charge in [0, 0.05) is 11.1 Å². The van der Waals surface area contributed by atoms with Gasteiger partial charge in [-0.25, -0.2) is 19.7 Å². The Morgan fingerprint density at radius 1 is 1.06 bits per heavy atom. The average Bonchev–Trinajstić information content (AvgIpc) is 3.40. The summed E-state index contributed by atoms with van der Waals surface area (Å²) in [6.07, 6.45) is 1.69. The van der Waals surface area contributed by atoms with Crippen molar-refractivity contribution < 1.29 is 19.4 Å². The molecule has 7 nitrogen and oxygen atoms in total. The Kier molecular flexibility index (Phi) is 5.20. The van der Waals surface area contributed by atoms with Crippen LogP contribution in [0.2, 0.25) is 0 Å². The lowest BCUT2D eigenvalue weighted by Crippen LogP contribution is -2.32. The molecular formula is C25H17N3O4S. The highest BCUT2D eigenvalue weighted by Crippen LogP contribution is 2.35. The van der Waals surface area contributed by atoms with E-state index in [-0.39, 0.29) is 17.2 Å². The normalized spacial score (nSPS) is 14.7. The summed E-state index contributed by atoms with van der Waals surface area (Å²) in [5, 5.41) is 9.72. The number of thiazole rings is 1. The summed E-state index contributed by atoms with van der Waals surface area (Å²) in [5.41, 5.74) is 2.53. The van der Waals surface area contributed by atoms with Crippen LogP contribution >= 0.6 is 11.3 Å². The number of anilines is 1. The second-order valence-corrected chi connectivity index (χ2v) is 8.21. The quantitative estimate of drug-likeness (QED) is 0.435. The number of carboxylic acid groups (broad SMARTS) is 1. The van der Waals surface area contributed by atoms with Crippen LogP contribution in [0, 0.1) is 0 Å². The molecule has 33 heavy (non-hydrogen) atoms. The Morgan fingerprint density at radius 3 is 2.58 bits per heavy atom. The topological polar surface area (TPSA) is 92.1 Å². The highest BCUT2D eigenvalue weighted by atomic mass is 32.1. The van der Waals surface area contributed by atoms with Gasteiger partial charge in [-0.3, -0.25) is 4.79 Å². The number of fused-ring (bicyclic) bond motifs is 1. The Labute approximate surface area is 192 Å². The van der Waals surface area contributed by atoms with E-state index in [1.54, 1.807) is 25.3 Å². The molecular weight excluding hydrogens is 438 g/mol. The summed E-state index contributed by atoms with van der Waals surface area (Å²) in [6.45, 7) is 0. The minimum absolute atomic E-state index is 0.166. The lowest BCUT2D eigenvalue weighted by Gasteiger charge is -2.14. The molecule has 162 valence electrons. The van der Waals surface area contributed by atoms with Crippen LogP contribution in [-0.4, -0.2) is 34.9 Å². The van der Waals surface area contributed by atoms with E-state index in [1.165, 1.54) is 22.3 Å². The summed E-state index contributed by atoms with van der Waals surface area (Å²) in [6, 6.07) is 21.5. The molecule has 3 aromatic carbocycles. The molecule has 0 bridgehead atoms. The van der Waals surface area contributed by atoms with Gasteiger partial charge in [-0.2, -0.15) is 0 Å². The summed E-state index contributed by atoms with van der Waals surface area (Å²) in [4.78, 5) is 35.6. The molecule has 0 atom stereocenters. The lowest BCUT2D eigenvalue weighted by atomic mass is 10.1. The van der Waals surface area contributed by atoms with Crippen LogP contribution in [0.3, 0.4) is 0 Å². The maximum absolute atomic E-state index is 13.5. The number of hydrogen-bond donors (Lipinski definition) is 1. The van der Waals surface area contributed by atoms with E-state index in [1.807, 2.05) is 54.6 Å². The van der Waals surface area contributed by atoms with Gasteiger partial charge in [0.25, 0.3) is 5.91 Å². The van der Waals surface area contributed by atoms with Crippen molar-refractivity contribution in [2.45, 2.75) is 0 Å². The van der Waals surface area contributed by atoms with Crippen LogP contribution in [0.15, 0.2) is 83.5 Å². The minimum atomic E-state index is -1.02. The summed E-state index contributed by atoms with van der Waals surface area (Å²) in [5.74, 6) is -0.247. The van der Waals surface area contributed by atoms with E-state index in [0.717, 1.165) is 11.1 Å². The van der Waals surface area contributed by atoms with Crippen molar-refractivity contribution in [3.63, 3.8) is 0 Å². The highest BCUT2D eigenvalue weighted by molar-refractivity contribution is 7.22. The molecule has 4 aromatic rings. The van der Waals surface area contributed by atoms with Crippen LogP contribution in [0.1, 0.15) is 21.5 Å². The fraction of sp³-hybridized carbons (Fsp3) is 0.0400. The van der Waals surface area contributed by atoms with Gasteiger partial charge in [-0.05, 0) is 30.3 Å². The molecule has 2 heterocycles. The molecule has 0 unspecified atom stereocenters. The molecule has 1 aromatic heterocycles. The predicted molar refractivity (Wildman–Crippen MR) is 128 cm³/mol. The number of aromatic nitrogens is 1. The third kappa shape index (κ3) is 3.77. The number of nitrogens with zero attached hydrogens (tertiary/aromatic N) is 3. The van der Waals surface area contributed by atoms with Gasteiger partial charge in [0.2, 0.25) is 0 Å². The van der Waals surface area contributed by atoms with Crippen molar-refractivity contribution in [3.8, 4) is 5.75 Å². The van der Waals surface area contributed by atoms with Crippen LogP contribution < -0.4 is 9.64 Å². The molecule has 0 spiro atoms. The zero-order valence-corrected chi connectivity index (χ0v) is 18.2. The summed E-state index contributed by atoms with van der Waals surface area (Å²) >= 11 is 1.24. The monoisotopic (exact) mass is 455 g/mol. The minimum Gasteiger partial charge on any atom is -0.496 e. The summed E-state index contributed by atoms with van der Waals surface area (Å²) < 4.78 is 6.08. The average molecular weight is 455 g/mol. The standard InChI is InChI=1S/C25H17N3O4S/c1-32-20-10-6-5-9-16(20)13-19-23(29)28(22(26-19)15-7-3-2-4-8-15)25-27-18-12-11-17(24(30)31)14-21(18)33-25/h2-14H,1H3,(H,30,31). The Hall–Kier alpha value is -4.30. The number of carbonyl (C=O) groups is 2. The third-order valence-corrected chi connectivity index (χ3v) is 6.14. The fourth-order valence-corrected chi connectivity index (χ4v) is 4.55. The van der Waals surface area contributed by atoms with E-state index in [9.17, 15) is 14.7 Å². The summed E-state index contributed by atoms with van der Waals surface area (Å²) in [7, 11) is 1.57. The number of amidine groups is 1. The molecule has 1 aliphatic heterocycles. The van der Waals surface area contributed by atoms with E-state index < -0.39 is 5.97 Å². The Balaban J connectivity index is 1.64. The fourth-order valence-electron chi connectivity index (χ4n) is 3.55. The number of hydrogen-bond acceptors (Lipinski definition) is 6. The zero-order valence-electron chi connectivity index (χ0n) is 17.4. The first kappa shape index (κ1) is 20.6.